The van der Waals surface area contributed by atoms with Crippen LogP contribution in [0.5, 0.6) is 0 Å². The molecule has 26 heavy (non-hydrogen) atoms. The minimum Gasteiger partial charge on any atom is -0.467 e. The lowest BCUT2D eigenvalue weighted by molar-refractivity contribution is -0.141. The third-order valence-corrected chi connectivity index (χ3v) is 3.94. The molecule has 3 amide bonds. The van der Waals surface area contributed by atoms with Gasteiger partial charge in [-0.25, -0.2) is 0 Å². The summed E-state index contributed by atoms with van der Waals surface area (Å²) in [6.07, 6.45) is 1.46. The molecule has 0 unspecified atom stereocenters. The third kappa shape index (κ3) is 5.35. The molecule has 3 N–H and O–H groups in total. The van der Waals surface area contributed by atoms with Gasteiger partial charge in [0.2, 0.25) is 5.91 Å². The Labute approximate surface area is 156 Å². The zero-order valence-corrected chi connectivity index (χ0v) is 15.2. The summed E-state index contributed by atoms with van der Waals surface area (Å²) in [5.74, 6) is -2.29. The van der Waals surface area contributed by atoms with E-state index >= 15 is 0 Å². The van der Waals surface area contributed by atoms with Gasteiger partial charge in [-0.1, -0.05) is 37.6 Å². The number of hydrogen-bond donors (Lipinski definition) is 3. The van der Waals surface area contributed by atoms with Crippen molar-refractivity contribution in [2.45, 2.75) is 26.3 Å². The summed E-state index contributed by atoms with van der Waals surface area (Å²) >= 11 is 5.87. The maximum atomic E-state index is 12.4. The van der Waals surface area contributed by atoms with Crippen LogP contribution in [0.3, 0.4) is 0 Å². The maximum Gasteiger partial charge on any atom is 0.327 e. The van der Waals surface area contributed by atoms with E-state index in [0.29, 0.717) is 10.8 Å². The molecule has 1 heterocycles. The molecular formula is C18H20ClN3O4. The molecular weight excluding hydrogens is 358 g/mol. The zero-order chi connectivity index (χ0) is 19.1. The number of carbonyl (C=O) groups is 3. The Morgan fingerprint density at radius 1 is 1.04 bits per heavy atom. The summed E-state index contributed by atoms with van der Waals surface area (Å²) < 4.78 is 5.05. The van der Waals surface area contributed by atoms with Gasteiger partial charge in [-0.2, -0.15) is 0 Å². The largest absolute Gasteiger partial charge is 0.467 e. The number of benzene rings is 1. The topological polar surface area (TPSA) is 100 Å². The average Bonchev–Trinajstić information content (AvgIpc) is 3.12. The monoisotopic (exact) mass is 377 g/mol. The van der Waals surface area contributed by atoms with Crippen molar-refractivity contribution in [1.29, 1.82) is 0 Å². The fourth-order valence-corrected chi connectivity index (χ4v) is 2.55. The highest BCUT2D eigenvalue weighted by molar-refractivity contribution is 6.35. The summed E-state index contributed by atoms with van der Waals surface area (Å²) in [7, 11) is 0. The predicted molar refractivity (Wildman–Crippen MR) is 95.9 cm³/mol. The van der Waals surface area contributed by atoms with Gasteiger partial charge in [0.05, 0.1) is 18.7 Å². The molecule has 0 fully saturated rings. The van der Waals surface area contributed by atoms with Gasteiger partial charge < -0.3 is 9.73 Å². The third-order valence-electron chi connectivity index (χ3n) is 3.69. The van der Waals surface area contributed by atoms with Crippen LogP contribution in [0.25, 0.3) is 0 Å². The van der Waals surface area contributed by atoms with Crippen molar-refractivity contribution >= 4 is 29.3 Å². The van der Waals surface area contributed by atoms with Crippen molar-refractivity contribution in [2.75, 3.05) is 0 Å². The standard InChI is InChI=1S/C18H20ClN3O4/c1-11(2)15(12-5-7-13(19)8-6-12)16(23)21-22-18(25)17(24)20-10-14-4-3-9-26-14/h3-9,11,15H,10H2,1-2H3,(H,20,24)(H,21,23)(H,22,25)/t15-/m1/s1. The van der Waals surface area contributed by atoms with Crippen molar-refractivity contribution in [3.8, 4) is 0 Å². The molecule has 0 saturated heterocycles. The number of rotatable bonds is 5. The van der Waals surface area contributed by atoms with E-state index in [9.17, 15) is 14.4 Å². The Hall–Kier alpha value is -2.80. The second-order valence-electron chi connectivity index (χ2n) is 5.98. The van der Waals surface area contributed by atoms with Gasteiger partial charge in [-0.3, -0.25) is 25.2 Å². The lowest BCUT2D eigenvalue weighted by Gasteiger charge is -2.21. The van der Waals surface area contributed by atoms with Crippen molar-refractivity contribution in [1.82, 2.24) is 16.2 Å². The van der Waals surface area contributed by atoms with Crippen LogP contribution < -0.4 is 16.2 Å². The number of furan rings is 1. The van der Waals surface area contributed by atoms with Crippen molar-refractivity contribution in [3.05, 3.63) is 59.0 Å². The fraction of sp³-hybridized carbons (Fsp3) is 0.278. The summed E-state index contributed by atoms with van der Waals surface area (Å²) in [6, 6.07) is 10.2. The van der Waals surface area contributed by atoms with Crippen molar-refractivity contribution in [3.63, 3.8) is 0 Å². The highest BCUT2D eigenvalue weighted by atomic mass is 35.5. The van der Waals surface area contributed by atoms with Crippen LogP contribution in [-0.4, -0.2) is 17.7 Å². The molecule has 1 aromatic carbocycles. The SMILES string of the molecule is CC(C)[C@@H](C(=O)NNC(=O)C(=O)NCc1ccco1)c1ccc(Cl)cc1. The van der Waals surface area contributed by atoms with Crippen molar-refractivity contribution < 1.29 is 18.8 Å². The number of hydrogen-bond acceptors (Lipinski definition) is 4. The van der Waals surface area contributed by atoms with Crippen LogP contribution in [-0.2, 0) is 20.9 Å². The quantitative estimate of drug-likeness (QED) is 0.549. The summed E-state index contributed by atoms with van der Waals surface area (Å²) in [4.78, 5) is 36.0. The van der Waals surface area contributed by atoms with Crippen LogP contribution in [0, 0.1) is 5.92 Å². The molecule has 0 aliphatic carbocycles. The molecule has 0 spiro atoms. The second kappa shape index (κ2) is 9.05. The van der Waals surface area contributed by atoms with E-state index < -0.39 is 23.6 Å². The molecule has 0 saturated carbocycles. The van der Waals surface area contributed by atoms with Crippen LogP contribution >= 0.6 is 11.6 Å². The maximum absolute atomic E-state index is 12.4. The minimum atomic E-state index is -0.969. The second-order valence-corrected chi connectivity index (χ2v) is 6.42. The first-order valence-electron chi connectivity index (χ1n) is 8.04. The Bertz CT molecular complexity index is 757. The van der Waals surface area contributed by atoms with Gasteiger partial charge in [0.25, 0.3) is 0 Å². The number of amides is 3. The summed E-state index contributed by atoms with van der Waals surface area (Å²) in [6.45, 7) is 3.85. The highest BCUT2D eigenvalue weighted by Gasteiger charge is 2.25. The molecule has 0 bridgehead atoms. The molecule has 1 atom stereocenters. The molecule has 7 nitrogen and oxygen atoms in total. The van der Waals surface area contributed by atoms with E-state index in [4.69, 9.17) is 16.0 Å². The Morgan fingerprint density at radius 3 is 2.31 bits per heavy atom. The van der Waals surface area contributed by atoms with Gasteiger partial charge in [-0.05, 0) is 35.7 Å². The van der Waals surface area contributed by atoms with Gasteiger partial charge in [0.1, 0.15) is 5.76 Å². The molecule has 138 valence electrons. The van der Waals surface area contributed by atoms with E-state index in [2.05, 4.69) is 16.2 Å². The summed E-state index contributed by atoms with van der Waals surface area (Å²) in [5.41, 5.74) is 5.18. The first-order chi connectivity index (χ1) is 12.4. The Balaban J connectivity index is 1.89. The zero-order valence-electron chi connectivity index (χ0n) is 14.4. The Morgan fingerprint density at radius 2 is 1.73 bits per heavy atom. The first kappa shape index (κ1) is 19.5. The van der Waals surface area contributed by atoms with E-state index in [1.54, 1.807) is 36.4 Å². The number of halogens is 1. The lowest BCUT2D eigenvalue weighted by Crippen LogP contribution is -2.50. The van der Waals surface area contributed by atoms with Gasteiger partial charge in [0.15, 0.2) is 0 Å². The number of nitrogens with one attached hydrogen (secondary N) is 3. The van der Waals surface area contributed by atoms with Crippen molar-refractivity contribution in [2.24, 2.45) is 5.92 Å². The highest BCUT2D eigenvalue weighted by Crippen LogP contribution is 2.25. The average molecular weight is 378 g/mol. The van der Waals surface area contributed by atoms with Gasteiger partial charge in [0, 0.05) is 5.02 Å². The normalized spacial score (nSPS) is 11.7. The fourth-order valence-electron chi connectivity index (χ4n) is 2.42. The molecule has 0 aliphatic heterocycles. The van der Waals surface area contributed by atoms with Gasteiger partial charge in [-0.15, -0.1) is 0 Å². The van der Waals surface area contributed by atoms with Crippen LogP contribution in [0.2, 0.25) is 5.02 Å². The number of carbonyl (C=O) groups excluding carboxylic acids is 3. The smallest absolute Gasteiger partial charge is 0.327 e. The number of hydrazine groups is 1. The minimum absolute atomic E-state index is 0.0270. The predicted octanol–water partition coefficient (Wildman–Crippen LogP) is 2.14. The van der Waals surface area contributed by atoms with Crippen LogP contribution in [0.4, 0.5) is 0 Å². The molecule has 2 aromatic rings. The van der Waals surface area contributed by atoms with E-state index in [0.717, 1.165) is 5.56 Å². The summed E-state index contributed by atoms with van der Waals surface area (Å²) in [5, 5.41) is 2.96. The van der Waals surface area contributed by atoms with Gasteiger partial charge >= 0.3 is 11.8 Å². The molecule has 8 heteroatoms. The molecule has 0 radical (unpaired) electrons. The van der Waals surface area contributed by atoms with E-state index in [-0.39, 0.29) is 12.5 Å². The molecule has 1 aromatic heterocycles. The molecule has 0 aliphatic rings. The van der Waals surface area contributed by atoms with Crippen LogP contribution in [0.15, 0.2) is 47.1 Å². The van der Waals surface area contributed by atoms with E-state index in [1.807, 2.05) is 13.8 Å². The van der Waals surface area contributed by atoms with E-state index in [1.165, 1.54) is 6.26 Å². The Kier molecular flexibility index (Phi) is 6.80. The molecule has 2 rings (SSSR count). The first-order valence-corrected chi connectivity index (χ1v) is 8.42. The van der Waals surface area contributed by atoms with Crippen LogP contribution in [0.1, 0.15) is 31.1 Å². The lowest BCUT2D eigenvalue weighted by atomic mass is 9.88.